The lowest BCUT2D eigenvalue weighted by Crippen LogP contribution is -2.43. The average molecular weight is 254 g/mol. The maximum atomic E-state index is 12.0. The molecule has 0 radical (unpaired) electrons. The second kappa shape index (κ2) is 4.39. The highest BCUT2D eigenvalue weighted by molar-refractivity contribution is 5.68. The number of rotatable bonds is 3. The number of nitrogens with zero attached hydrogens (tertiary/aromatic N) is 3. The first kappa shape index (κ1) is 12.5. The van der Waals surface area contributed by atoms with Gasteiger partial charge in [0.25, 0.3) is 5.56 Å². The molecule has 0 aliphatic carbocycles. The number of hydrogen-bond acceptors (Lipinski definition) is 5. The number of imidazole rings is 1. The molecule has 2 aromatic heterocycles. The van der Waals surface area contributed by atoms with Gasteiger partial charge in [-0.15, -0.1) is 0 Å². The molecule has 2 atom stereocenters. The fourth-order valence-corrected chi connectivity index (χ4v) is 1.69. The third-order valence-electron chi connectivity index (χ3n) is 2.84. The van der Waals surface area contributed by atoms with Gasteiger partial charge in [0.2, 0.25) is 0 Å². The number of nitrogens with one attached hydrogen (secondary N) is 1. The van der Waals surface area contributed by atoms with E-state index in [0.29, 0.717) is 0 Å². The summed E-state index contributed by atoms with van der Waals surface area (Å²) in [5, 5.41) is 18.8. The van der Waals surface area contributed by atoms with Gasteiger partial charge in [0.15, 0.2) is 5.65 Å². The maximum absolute atomic E-state index is 12.0. The molecule has 2 heterocycles. The van der Waals surface area contributed by atoms with Crippen LogP contribution in [-0.2, 0) is 13.6 Å². The standard InChI is InChI=1S/C10H14N4O4/c1-5(15)6(16)3-14-9(17)7-8(12-4-11-7)13(2)10(14)18/h4-6,15-16H,3H2,1-2H3,(H,11,12). The second-order valence-corrected chi connectivity index (χ2v) is 4.17. The van der Waals surface area contributed by atoms with E-state index >= 15 is 0 Å². The minimum Gasteiger partial charge on any atom is -0.391 e. The highest BCUT2D eigenvalue weighted by atomic mass is 16.3. The van der Waals surface area contributed by atoms with Crippen LogP contribution in [0.1, 0.15) is 6.92 Å². The van der Waals surface area contributed by atoms with Crippen molar-refractivity contribution in [1.29, 1.82) is 0 Å². The van der Waals surface area contributed by atoms with E-state index in [9.17, 15) is 19.8 Å². The number of aromatic nitrogens is 4. The van der Waals surface area contributed by atoms with Crippen LogP contribution in [-0.4, -0.2) is 41.5 Å². The van der Waals surface area contributed by atoms with Crippen LogP contribution in [0.5, 0.6) is 0 Å². The lowest BCUT2D eigenvalue weighted by molar-refractivity contribution is 0.0193. The summed E-state index contributed by atoms with van der Waals surface area (Å²) in [5.74, 6) is 0. The van der Waals surface area contributed by atoms with Crippen molar-refractivity contribution in [3.63, 3.8) is 0 Å². The summed E-state index contributed by atoms with van der Waals surface area (Å²) in [6.07, 6.45) is -0.893. The molecule has 0 spiro atoms. The lowest BCUT2D eigenvalue weighted by atomic mass is 10.2. The highest BCUT2D eigenvalue weighted by Gasteiger charge is 2.18. The van der Waals surface area contributed by atoms with Gasteiger partial charge in [-0.2, -0.15) is 0 Å². The van der Waals surface area contributed by atoms with Crippen molar-refractivity contribution in [2.75, 3.05) is 0 Å². The zero-order chi connectivity index (χ0) is 13.4. The van der Waals surface area contributed by atoms with Crippen molar-refractivity contribution in [3.05, 3.63) is 27.2 Å². The summed E-state index contributed by atoms with van der Waals surface area (Å²) in [7, 11) is 1.48. The quantitative estimate of drug-likeness (QED) is 0.596. The minimum atomic E-state index is -1.18. The first-order chi connectivity index (χ1) is 8.43. The monoisotopic (exact) mass is 254 g/mol. The second-order valence-electron chi connectivity index (χ2n) is 4.17. The number of aliphatic hydroxyl groups excluding tert-OH is 2. The molecule has 0 aliphatic rings. The molecule has 0 amide bonds. The molecule has 8 nitrogen and oxygen atoms in total. The third-order valence-corrected chi connectivity index (χ3v) is 2.84. The van der Waals surface area contributed by atoms with E-state index < -0.39 is 23.5 Å². The Morgan fingerprint density at radius 3 is 2.72 bits per heavy atom. The Hall–Kier alpha value is -1.93. The number of aryl methyl sites for hydroxylation is 1. The summed E-state index contributed by atoms with van der Waals surface area (Å²) in [6.45, 7) is 1.12. The number of H-pyrrole nitrogens is 1. The number of aromatic amines is 1. The van der Waals surface area contributed by atoms with Crippen LogP contribution >= 0.6 is 0 Å². The van der Waals surface area contributed by atoms with Crippen molar-refractivity contribution in [2.45, 2.75) is 25.7 Å². The summed E-state index contributed by atoms with van der Waals surface area (Å²) in [4.78, 5) is 30.5. The van der Waals surface area contributed by atoms with E-state index in [0.717, 1.165) is 4.57 Å². The third kappa shape index (κ3) is 1.85. The van der Waals surface area contributed by atoms with Crippen LogP contribution in [0.3, 0.4) is 0 Å². The van der Waals surface area contributed by atoms with E-state index in [1.165, 1.54) is 24.9 Å². The Labute approximate surface area is 101 Å². The predicted octanol–water partition coefficient (Wildman–Crippen LogP) is -1.83. The predicted molar refractivity (Wildman–Crippen MR) is 63.3 cm³/mol. The smallest absolute Gasteiger partial charge is 0.332 e. The van der Waals surface area contributed by atoms with Gasteiger partial charge in [-0.05, 0) is 6.92 Å². The first-order valence-electron chi connectivity index (χ1n) is 5.42. The molecule has 0 saturated heterocycles. The van der Waals surface area contributed by atoms with Gasteiger partial charge in [-0.25, -0.2) is 9.78 Å². The number of aliphatic hydroxyl groups is 2. The summed E-state index contributed by atoms with van der Waals surface area (Å²) in [5.41, 5.74) is -0.702. The van der Waals surface area contributed by atoms with Gasteiger partial charge in [0.05, 0.1) is 25.1 Å². The number of fused-ring (bicyclic) bond motifs is 1. The van der Waals surface area contributed by atoms with E-state index in [1.54, 1.807) is 0 Å². The molecule has 0 aromatic carbocycles. The molecule has 3 N–H and O–H groups in total. The molecular formula is C10H14N4O4. The Kier molecular flexibility index (Phi) is 3.05. The van der Waals surface area contributed by atoms with E-state index in [1.807, 2.05) is 0 Å². The van der Waals surface area contributed by atoms with Crippen molar-refractivity contribution in [3.8, 4) is 0 Å². The maximum Gasteiger partial charge on any atom is 0.332 e. The van der Waals surface area contributed by atoms with Crippen molar-refractivity contribution >= 4 is 11.2 Å². The van der Waals surface area contributed by atoms with Crippen LogP contribution in [0.15, 0.2) is 15.9 Å². The molecule has 2 rings (SSSR count). The van der Waals surface area contributed by atoms with Crippen LogP contribution < -0.4 is 11.2 Å². The van der Waals surface area contributed by atoms with Crippen LogP contribution in [0, 0.1) is 0 Å². The van der Waals surface area contributed by atoms with E-state index in [2.05, 4.69) is 9.97 Å². The molecular weight excluding hydrogens is 240 g/mol. The lowest BCUT2D eigenvalue weighted by Gasteiger charge is -2.15. The molecule has 0 bridgehead atoms. The van der Waals surface area contributed by atoms with E-state index in [4.69, 9.17) is 0 Å². The molecule has 0 aliphatic heterocycles. The fraction of sp³-hybridized carbons (Fsp3) is 0.500. The van der Waals surface area contributed by atoms with Crippen LogP contribution in [0.4, 0.5) is 0 Å². The van der Waals surface area contributed by atoms with Crippen molar-refractivity contribution < 1.29 is 10.2 Å². The first-order valence-corrected chi connectivity index (χ1v) is 5.42. The Morgan fingerprint density at radius 1 is 1.44 bits per heavy atom. The molecule has 0 fully saturated rings. The highest BCUT2D eigenvalue weighted by Crippen LogP contribution is 2.00. The summed E-state index contributed by atoms with van der Waals surface area (Å²) in [6, 6.07) is 0. The molecule has 0 saturated carbocycles. The number of hydrogen-bond donors (Lipinski definition) is 3. The zero-order valence-corrected chi connectivity index (χ0v) is 9.99. The molecule has 98 valence electrons. The van der Waals surface area contributed by atoms with Crippen molar-refractivity contribution in [1.82, 2.24) is 19.1 Å². The van der Waals surface area contributed by atoms with Gasteiger partial charge in [-0.3, -0.25) is 13.9 Å². The molecule has 2 aromatic rings. The Morgan fingerprint density at radius 2 is 2.11 bits per heavy atom. The zero-order valence-electron chi connectivity index (χ0n) is 9.99. The van der Waals surface area contributed by atoms with Gasteiger partial charge >= 0.3 is 5.69 Å². The van der Waals surface area contributed by atoms with Gasteiger partial charge in [0, 0.05) is 7.05 Å². The summed E-state index contributed by atoms with van der Waals surface area (Å²) < 4.78 is 2.08. The van der Waals surface area contributed by atoms with Crippen LogP contribution in [0.25, 0.3) is 11.2 Å². The van der Waals surface area contributed by atoms with Gasteiger partial charge < -0.3 is 15.2 Å². The topological polar surface area (TPSA) is 113 Å². The summed E-state index contributed by atoms with van der Waals surface area (Å²) >= 11 is 0. The van der Waals surface area contributed by atoms with Gasteiger partial charge in [0.1, 0.15) is 5.52 Å². The van der Waals surface area contributed by atoms with Gasteiger partial charge in [-0.1, -0.05) is 0 Å². The Bertz CT molecular complexity index is 681. The molecule has 8 heteroatoms. The SMILES string of the molecule is CC(O)C(O)Cn1c(=O)c2[nH]cnc2n(C)c1=O. The normalized spacial score (nSPS) is 14.9. The fourth-order valence-electron chi connectivity index (χ4n) is 1.69. The van der Waals surface area contributed by atoms with Crippen LogP contribution in [0.2, 0.25) is 0 Å². The largest absolute Gasteiger partial charge is 0.391 e. The average Bonchev–Trinajstić information content (AvgIpc) is 2.80. The van der Waals surface area contributed by atoms with Crippen molar-refractivity contribution in [2.24, 2.45) is 7.05 Å². The Balaban J connectivity index is 2.64. The molecule has 18 heavy (non-hydrogen) atoms. The molecule has 2 unspecified atom stereocenters. The minimum absolute atomic E-state index is 0.190. The van der Waals surface area contributed by atoms with E-state index in [-0.39, 0.29) is 17.7 Å².